The molecule has 0 bridgehead atoms. The lowest BCUT2D eigenvalue weighted by molar-refractivity contribution is -0.152. The summed E-state index contributed by atoms with van der Waals surface area (Å²) in [5.74, 6) is -1.99. The molecule has 4 heterocycles. The van der Waals surface area contributed by atoms with Crippen LogP contribution in [0.5, 0.6) is 0 Å². The van der Waals surface area contributed by atoms with Crippen molar-refractivity contribution in [1.82, 2.24) is 30.2 Å². The van der Waals surface area contributed by atoms with Gasteiger partial charge in [-0.3, -0.25) is 4.79 Å². The summed E-state index contributed by atoms with van der Waals surface area (Å²) >= 11 is 0. The molecule has 2 atom stereocenters. The fourth-order valence-corrected chi connectivity index (χ4v) is 4.18. The number of carbonyl (C=O) groups excluding carboxylic acids is 1. The van der Waals surface area contributed by atoms with Gasteiger partial charge in [-0.1, -0.05) is 29.4 Å². The summed E-state index contributed by atoms with van der Waals surface area (Å²) in [6.07, 6.45) is -2.63. The van der Waals surface area contributed by atoms with Crippen molar-refractivity contribution in [3.05, 3.63) is 65.9 Å². The summed E-state index contributed by atoms with van der Waals surface area (Å²) in [6.45, 7) is 1.19. The average Bonchev–Trinajstić information content (AvgIpc) is 3.60. The van der Waals surface area contributed by atoms with E-state index in [0.717, 1.165) is 43.9 Å². The van der Waals surface area contributed by atoms with Gasteiger partial charge in [-0.2, -0.15) is 23.3 Å². The number of carbonyl (C=O) groups is 1. The molecule has 0 aliphatic carbocycles. The molecule has 3 aromatic heterocycles. The third kappa shape index (κ3) is 5.81. The van der Waals surface area contributed by atoms with Crippen molar-refractivity contribution >= 4 is 5.97 Å². The van der Waals surface area contributed by atoms with Crippen LogP contribution in [0.1, 0.15) is 30.2 Å². The molecule has 0 radical (unpaired) electrons. The van der Waals surface area contributed by atoms with Crippen LogP contribution < -0.4 is 5.32 Å². The average molecular weight is 546 g/mol. The Bertz CT molecular complexity index is 1430. The molecule has 204 valence electrons. The maximum Gasteiger partial charge on any atom is 0.434 e. The minimum Gasteiger partial charge on any atom is -0.462 e. The Morgan fingerprint density at radius 1 is 1.21 bits per heavy atom. The number of ether oxygens (including phenoxy) is 1. The topological polar surface area (TPSA) is 128 Å². The number of aliphatic hydroxyl groups is 1. The van der Waals surface area contributed by atoms with Crippen molar-refractivity contribution in [2.75, 3.05) is 19.7 Å². The summed E-state index contributed by atoms with van der Waals surface area (Å²) < 4.78 is 65.9. The van der Waals surface area contributed by atoms with Gasteiger partial charge in [0.15, 0.2) is 11.5 Å². The Balaban J connectivity index is 1.31. The van der Waals surface area contributed by atoms with Gasteiger partial charge in [0.1, 0.15) is 18.5 Å². The third-order valence-corrected chi connectivity index (χ3v) is 6.19. The first-order valence-electron chi connectivity index (χ1n) is 12.0. The zero-order valence-electron chi connectivity index (χ0n) is 20.2. The number of nitrogens with zero attached hydrogens (tertiary/aromatic N) is 5. The number of rotatable bonds is 7. The van der Waals surface area contributed by atoms with E-state index in [-0.39, 0.29) is 30.1 Å². The standard InChI is InChI=1S/C25H22F4N6O4/c26-17-7-8-20(31-11-17)35-21(25(27,28)29)18(12-32-35)23-33-22(34-39-23)15-5-3-14(4-6-15)19(36)13-38-24(37)16-2-1-9-30-10-16/h3-8,11-12,16,19,30,36H,1-2,9-10,13H2. The van der Waals surface area contributed by atoms with Crippen LogP contribution in [0.3, 0.4) is 0 Å². The van der Waals surface area contributed by atoms with E-state index in [0.29, 0.717) is 22.4 Å². The molecule has 0 amide bonds. The molecular weight excluding hydrogens is 524 g/mol. The second-order valence-electron chi connectivity index (χ2n) is 8.89. The molecule has 1 fully saturated rings. The zero-order valence-corrected chi connectivity index (χ0v) is 20.2. The predicted molar refractivity (Wildman–Crippen MR) is 127 cm³/mol. The fraction of sp³-hybridized carbons (Fsp3) is 0.320. The molecule has 1 aliphatic rings. The Labute approximate surface area is 218 Å². The van der Waals surface area contributed by atoms with Gasteiger partial charge in [-0.25, -0.2) is 14.1 Å². The number of alkyl halides is 3. The number of nitrogens with one attached hydrogen (secondary N) is 1. The van der Waals surface area contributed by atoms with Crippen LogP contribution in [0, 0.1) is 11.7 Å². The van der Waals surface area contributed by atoms with E-state index in [1.54, 1.807) is 24.3 Å². The Kier molecular flexibility index (Phi) is 7.39. The third-order valence-electron chi connectivity index (χ3n) is 6.19. The van der Waals surface area contributed by atoms with Crippen LogP contribution >= 0.6 is 0 Å². The summed E-state index contributed by atoms with van der Waals surface area (Å²) in [5.41, 5.74) is -0.819. The molecule has 10 nitrogen and oxygen atoms in total. The van der Waals surface area contributed by atoms with E-state index in [2.05, 4.69) is 25.5 Å². The largest absolute Gasteiger partial charge is 0.462 e. The molecular formula is C25H22F4N6O4. The van der Waals surface area contributed by atoms with Gasteiger partial charge in [0.05, 0.1) is 23.9 Å². The van der Waals surface area contributed by atoms with Gasteiger partial charge < -0.3 is 19.7 Å². The number of aromatic nitrogens is 5. The molecule has 1 aromatic carbocycles. The number of esters is 1. The molecule has 2 unspecified atom stereocenters. The van der Waals surface area contributed by atoms with Gasteiger partial charge in [0.2, 0.25) is 5.82 Å². The van der Waals surface area contributed by atoms with E-state index < -0.39 is 35.2 Å². The van der Waals surface area contributed by atoms with Crippen LogP contribution in [0.2, 0.25) is 0 Å². The minimum absolute atomic E-state index is 0.00282. The monoisotopic (exact) mass is 546 g/mol. The first kappa shape index (κ1) is 26.4. The molecule has 0 saturated carbocycles. The van der Waals surface area contributed by atoms with Crippen LogP contribution in [0.4, 0.5) is 17.6 Å². The maximum absolute atomic E-state index is 14.0. The number of hydrogen-bond acceptors (Lipinski definition) is 9. The van der Waals surface area contributed by atoms with E-state index in [1.165, 1.54) is 0 Å². The second-order valence-corrected chi connectivity index (χ2v) is 8.89. The van der Waals surface area contributed by atoms with Crippen molar-refractivity contribution < 1.29 is 36.7 Å². The van der Waals surface area contributed by atoms with Crippen molar-refractivity contribution in [3.8, 4) is 28.7 Å². The number of halogens is 4. The van der Waals surface area contributed by atoms with Crippen molar-refractivity contribution in [3.63, 3.8) is 0 Å². The molecule has 4 aromatic rings. The lowest BCUT2D eigenvalue weighted by atomic mass is 10.00. The molecule has 14 heteroatoms. The van der Waals surface area contributed by atoms with Gasteiger partial charge in [-0.05, 0) is 37.1 Å². The first-order valence-corrected chi connectivity index (χ1v) is 12.0. The highest BCUT2D eigenvalue weighted by Crippen LogP contribution is 2.38. The summed E-state index contributed by atoms with van der Waals surface area (Å²) in [5, 5.41) is 21.1. The zero-order chi connectivity index (χ0) is 27.6. The van der Waals surface area contributed by atoms with E-state index >= 15 is 0 Å². The molecule has 0 spiro atoms. The van der Waals surface area contributed by atoms with Crippen molar-refractivity contribution in [2.24, 2.45) is 5.92 Å². The molecule has 1 saturated heterocycles. The normalized spacial score (nSPS) is 16.7. The highest BCUT2D eigenvalue weighted by atomic mass is 19.4. The van der Waals surface area contributed by atoms with Crippen LogP contribution in [0.25, 0.3) is 28.7 Å². The van der Waals surface area contributed by atoms with E-state index in [1.807, 2.05) is 0 Å². The van der Waals surface area contributed by atoms with Crippen LogP contribution in [-0.4, -0.2) is 55.7 Å². The van der Waals surface area contributed by atoms with Gasteiger partial charge in [0.25, 0.3) is 5.89 Å². The molecule has 1 aliphatic heterocycles. The van der Waals surface area contributed by atoms with E-state index in [4.69, 9.17) is 9.26 Å². The Morgan fingerprint density at radius 2 is 2.00 bits per heavy atom. The Hall–Kier alpha value is -4.17. The van der Waals surface area contributed by atoms with Crippen molar-refractivity contribution in [2.45, 2.75) is 25.1 Å². The van der Waals surface area contributed by atoms with Gasteiger partial charge in [-0.15, -0.1) is 0 Å². The predicted octanol–water partition coefficient (Wildman–Crippen LogP) is 3.72. The number of aliphatic hydroxyl groups excluding tert-OH is 1. The Morgan fingerprint density at radius 3 is 2.67 bits per heavy atom. The highest BCUT2D eigenvalue weighted by Gasteiger charge is 2.41. The minimum atomic E-state index is -4.87. The van der Waals surface area contributed by atoms with Crippen LogP contribution in [0.15, 0.2) is 53.3 Å². The molecule has 2 N–H and O–H groups in total. The summed E-state index contributed by atoms with van der Waals surface area (Å²) in [7, 11) is 0. The first-order chi connectivity index (χ1) is 18.7. The molecule has 5 rings (SSSR count). The SMILES string of the molecule is O=C(OCC(O)c1ccc(-c2noc(-c3cnn(-c4ccc(F)cn4)c3C(F)(F)F)n2)cc1)C1CCCNC1. The fourth-order valence-electron chi connectivity index (χ4n) is 4.18. The van der Waals surface area contributed by atoms with Crippen LogP contribution in [-0.2, 0) is 15.7 Å². The quantitative estimate of drug-likeness (QED) is 0.263. The lowest BCUT2D eigenvalue weighted by Crippen LogP contribution is -2.35. The number of benzene rings is 1. The maximum atomic E-state index is 14.0. The van der Waals surface area contributed by atoms with Crippen molar-refractivity contribution in [1.29, 1.82) is 0 Å². The number of piperidine rings is 1. The number of pyridine rings is 1. The lowest BCUT2D eigenvalue weighted by Gasteiger charge is -2.22. The van der Waals surface area contributed by atoms with Gasteiger partial charge in [0, 0.05) is 12.1 Å². The summed E-state index contributed by atoms with van der Waals surface area (Å²) in [6, 6.07) is 8.25. The smallest absolute Gasteiger partial charge is 0.434 e. The van der Waals surface area contributed by atoms with E-state index in [9.17, 15) is 27.5 Å². The number of hydrogen-bond donors (Lipinski definition) is 2. The van der Waals surface area contributed by atoms with Gasteiger partial charge >= 0.3 is 12.1 Å². The second kappa shape index (κ2) is 10.9. The summed E-state index contributed by atoms with van der Waals surface area (Å²) in [4.78, 5) is 19.9. The highest BCUT2D eigenvalue weighted by molar-refractivity contribution is 5.72. The molecule has 39 heavy (non-hydrogen) atoms.